The van der Waals surface area contributed by atoms with Crippen LogP contribution in [0.2, 0.25) is 0 Å². The van der Waals surface area contributed by atoms with Crippen LogP contribution in [0.1, 0.15) is 79.6 Å². The van der Waals surface area contributed by atoms with Crippen LogP contribution in [-0.2, 0) is 23.8 Å². The SMILES string of the molecule is CCCC(C)C(=O)OCC[C@H]1CC[C@H]2[C@@H]3CC=C4C=C(OC(C)=O)C=C[C@]4(C)[C@@]34O[C@H]4C[C@]12C. The lowest BCUT2D eigenvalue weighted by atomic mass is 9.48. The summed E-state index contributed by atoms with van der Waals surface area (Å²) >= 11 is 0. The molecule has 186 valence electrons. The fraction of sp³-hybridized carbons (Fsp3) is 0.724. The van der Waals surface area contributed by atoms with Crippen LogP contribution in [0.25, 0.3) is 0 Å². The highest BCUT2D eigenvalue weighted by atomic mass is 16.6. The standard InChI is InChI=1S/C29H40O5/c1-6-7-18(2)26(31)32-15-13-20-8-10-23-24-11-9-21-16-22(33-19(3)30)12-14-28(21,5)29(24)25(34-29)17-27(20,23)4/h9,12,14,16,18,20,23-25H,6-8,10-11,13,15,17H2,1-5H3/t18?,20-,23+,24+,25+,27-,28+,29-/m1/s1. The van der Waals surface area contributed by atoms with Crippen LogP contribution in [-0.4, -0.2) is 30.3 Å². The van der Waals surface area contributed by atoms with E-state index in [9.17, 15) is 9.59 Å². The van der Waals surface area contributed by atoms with Crippen LogP contribution in [0.15, 0.2) is 35.6 Å². The molecule has 1 unspecified atom stereocenters. The van der Waals surface area contributed by atoms with Crippen LogP contribution < -0.4 is 0 Å². The Kier molecular flexibility index (Phi) is 5.86. The summed E-state index contributed by atoms with van der Waals surface area (Å²) in [6.45, 7) is 10.8. The van der Waals surface area contributed by atoms with Crippen molar-refractivity contribution in [3.63, 3.8) is 0 Å². The summed E-state index contributed by atoms with van der Waals surface area (Å²) in [5.74, 6) is 1.97. The number of carbonyl (C=O) groups excluding carboxylic acids is 2. The number of allylic oxidation sites excluding steroid dienone is 3. The fourth-order valence-electron chi connectivity index (χ4n) is 8.20. The number of carbonyl (C=O) groups is 2. The van der Waals surface area contributed by atoms with Gasteiger partial charge in [-0.3, -0.25) is 9.59 Å². The smallest absolute Gasteiger partial charge is 0.308 e. The van der Waals surface area contributed by atoms with E-state index in [2.05, 4.69) is 32.9 Å². The molecule has 34 heavy (non-hydrogen) atoms. The topological polar surface area (TPSA) is 65.1 Å². The van der Waals surface area contributed by atoms with Crippen molar-refractivity contribution in [2.45, 2.75) is 91.3 Å². The number of ether oxygens (including phenoxy) is 3. The van der Waals surface area contributed by atoms with E-state index in [-0.39, 0.29) is 40.4 Å². The van der Waals surface area contributed by atoms with E-state index >= 15 is 0 Å². The van der Waals surface area contributed by atoms with Gasteiger partial charge in [-0.15, -0.1) is 0 Å². The molecule has 1 spiro atoms. The second-order valence-electron chi connectivity index (χ2n) is 11.8. The lowest BCUT2D eigenvalue weighted by Gasteiger charge is -2.53. The molecule has 8 atom stereocenters. The second kappa shape index (κ2) is 8.36. The molecule has 0 aromatic rings. The number of hydrogen-bond acceptors (Lipinski definition) is 5. The maximum atomic E-state index is 12.3. The molecular weight excluding hydrogens is 428 g/mol. The molecule has 1 heterocycles. The summed E-state index contributed by atoms with van der Waals surface area (Å²) < 4.78 is 17.7. The largest absolute Gasteiger partial charge is 0.465 e. The third kappa shape index (κ3) is 3.44. The summed E-state index contributed by atoms with van der Waals surface area (Å²) in [5, 5.41) is 0. The van der Waals surface area contributed by atoms with Gasteiger partial charge in [-0.1, -0.05) is 39.3 Å². The van der Waals surface area contributed by atoms with Crippen molar-refractivity contribution in [2.24, 2.45) is 34.5 Å². The van der Waals surface area contributed by atoms with Crippen molar-refractivity contribution in [1.82, 2.24) is 0 Å². The first-order valence-corrected chi connectivity index (χ1v) is 13.3. The van der Waals surface area contributed by atoms with Crippen molar-refractivity contribution in [3.8, 4) is 0 Å². The minimum absolute atomic E-state index is 0.00463. The molecule has 0 N–H and O–H groups in total. The van der Waals surface area contributed by atoms with Gasteiger partial charge in [0.1, 0.15) is 11.4 Å². The number of fused-ring (bicyclic) bond motifs is 3. The van der Waals surface area contributed by atoms with E-state index in [0.717, 1.165) is 32.1 Å². The predicted octanol–water partition coefficient (Wildman–Crippen LogP) is 5.90. The van der Waals surface area contributed by atoms with Crippen molar-refractivity contribution < 1.29 is 23.8 Å². The van der Waals surface area contributed by atoms with Gasteiger partial charge in [0.15, 0.2) is 0 Å². The summed E-state index contributed by atoms with van der Waals surface area (Å²) in [6.07, 6.45) is 16.2. The molecular formula is C29H40O5. The Morgan fingerprint density at radius 3 is 2.76 bits per heavy atom. The van der Waals surface area contributed by atoms with Gasteiger partial charge in [0.2, 0.25) is 0 Å². The average molecular weight is 469 g/mol. The molecule has 5 nitrogen and oxygen atoms in total. The van der Waals surface area contributed by atoms with Gasteiger partial charge in [0, 0.05) is 12.3 Å². The van der Waals surface area contributed by atoms with Crippen molar-refractivity contribution in [2.75, 3.05) is 6.61 Å². The zero-order valence-electron chi connectivity index (χ0n) is 21.4. The van der Waals surface area contributed by atoms with Crippen molar-refractivity contribution in [1.29, 1.82) is 0 Å². The lowest BCUT2D eigenvalue weighted by Crippen LogP contribution is -2.55. The Morgan fingerprint density at radius 2 is 2.03 bits per heavy atom. The van der Waals surface area contributed by atoms with E-state index in [0.29, 0.717) is 30.1 Å². The molecule has 5 aliphatic rings. The maximum absolute atomic E-state index is 12.3. The Bertz CT molecular complexity index is 962. The van der Waals surface area contributed by atoms with Crippen LogP contribution >= 0.6 is 0 Å². The Morgan fingerprint density at radius 1 is 1.24 bits per heavy atom. The zero-order chi connectivity index (χ0) is 24.3. The monoisotopic (exact) mass is 468 g/mol. The van der Waals surface area contributed by atoms with Gasteiger partial charge in [-0.05, 0) is 86.3 Å². The van der Waals surface area contributed by atoms with E-state index in [4.69, 9.17) is 14.2 Å². The van der Waals surface area contributed by atoms with Crippen LogP contribution in [0.5, 0.6) is 0 Å². The minimum Gasteiger partial charge on any atom is -0.465 e. The van der Waals surface area contributed by atoms with Gasteiger partial charge in [0.25, 0.3) is 0 Å². The highest BCUT2D eigenvalue weighted by Crippen LogP contribution is 2.74. The van der Waals surface area contributed by atoms with Gasteiger partial charge in [0.05, 0.1) is 18.6 Å². The molecule has 0 aromatic carbocycles. The van der Waals surface area contributed by atoms with Crippen LogP contribution in [0.3, 0.4) is 0 Å². The number of epoxide rings is 1. The Balaban J connectivity index is 1.30. The summed E-state index contributed by atoms with van der Waals surface area (Å²) in [7, 11) is 0. The van der Waals surface area contributed by atoms with Crippen molar-refractivity contribution in [3.05, 3.63) is 35.6 Å². The molecule has 0 amide bonds. The van der Waals surface area contributed by atoms with Crippen LogP contribution in [0, 0.1) is 34.5 Å². The molecule has 5 heteroatoms. The molecule has 0 aromatic heterocycles. The van der Waals surface area contributed by atoms with Gasteiger partial charge < -0.3 is 14.2 Å². The first-order valence-electron chi connectivity index (χ1n) is 13.3. The Labute approximate surface area is 204 Å². The third-order valence-electron chi connectivity index (χ3n) is 10.0. The number of hydrogen-bond donors (Lipinski definition) is 0. The molecule has 1 aliphatic heterocycles. The summed E-state index contributed by atoms with van der Waals surface area (Å²) in [6, 6.07) is 0. The van der Waals surface area contributed by atoms with E-state index in [1.54, 1.807) is 0 Å². The molecule has 0 radical (unpaired) electrons. The van der Waals surface area contributed by atoms with Crippen molar-refractivity contribution >= 4 is 11.9 Å². The average Bonchev–Trinajstić information content (AvgIpc) is 3.41. The predicted molar refractivity (Wildman–Crippen MR) is 129 cm³/mol. The quantitative estimate of drug-likeness (QED) is 0.344. The van der Waals surface area contributed by atoms with Gasteiger partial charge >= 0.3 is 11.9 Å². The first kappa shape index (κ1) is 23.8. The highest BCUT2D eigenvalue weighted by molar-refractivity contribution is 5.71. The first-order chi connectivity index (χ1) is 16.2. The normalized spacial score (nSPS) is 42.3. The van der Waals surface area contributed by atoms with E-state index in [1.165, 1.54) is 25.3 Å². The fourth-order valence-corrected chi connectivity index (χ4v) is 8.20. The number of esters is 2. The van der Waals surface area contributed by atoms with Crippen LogP contribution in [0.4, 0.5) is 0 Å². The summed E-state index contributed by atoms with van der Waals surface area (Å²) in [5.41, 5.74) is 1.12. The summed E-state index contributed by atoms with van der Waals surface area (Å²) in [4.78, 5) is 23.7. The van der Waals surface area contributed by atoms with Gasteiger partial charge in [-0.25, -0.2) is 0 Å². The maximum Gasteiger partial charge on any atom is 0.308 e. The zero-order valence-corrected chi connectivity index (χ0v) is 21.4. The molecule has 3 fully saturated rings. The van der Waals surface area contributed by atoms with E-state index < -0.39 is 0 Å². The van der Waals surface area contributed by atoms with Gasteiger partial charge in [-0.2, -0.15) is 0 Å². The highest BCUT2D eigenvalue weighted by Gasteiger charge is 2.78. The Hall–Kier alpha value is -1.88. The lowest BCUT2D eigenvalue weighted by molar-refractivity contribution is -0.149. The van der Waals surface area contributed by atoms with E-state index in [1.807, 2.05) is 19.1 Å². The molecule has 5 rings (SSSR count). The second-order valence-corrected chi connectivity index (χ2v) is 11.8. The molecule has 2 saturated carbocycles. The minimum atomic E-state index is -0.288. The number of rotatable bonds is 7. The molecule has 0 bridgehead atoms. The molecule has 1 saturated heterocycles. The molecule has 4 aliphatic carbocycles. The third-order valence-corrected chi connectivity index (χ3v) is 10.0.